The van der Waals surface area contributed by atoms with Crippen molar-refractivity contribution in [3.63, 3.8) is 0 Å². The molecule has 2 aliphatic rings. The standard InChI is InChI=1S/C13H21NO5/c1-12(2,3)19-11(16)14-6-5-13(8-14)7-9(18-13)10(15)17-4/h9H,5-8H2,1-4H3/t9-,13-/m1/s1. The van der Waals surface area contributed by atoms with Crippen molar-refractivity contribution in [2.45, 2.75) is 50.9 Å². The van der Waals surface area contributed by atoms with Crippen molar-refractivity contribution in [3.8, 4) is 0 Å². The molecule has 108 valence electrons. The second kappa shape index (κ2) is 4.67. The highest BCUT2D eigenvalue weighted by atomic mass is 16.6. The molecule has 2 rings (SSSR count). The molecule has 2 atom stereocenters. The first-order valence-corrected chi connectivity index (χ1v) is 6.48. The fourth-order valence-corrected chi connectivity index (χ4v) is 2.48. The van der Waals surface area contributed by atoms with E-state index in [1.165, 1.54) is 7.11 Å². The molecule has 0 saturated carbocycles. The van der Waals surface area contributed by atoms with E-state index in [0.717, 1.165) is 6.42 Å². The van der Waals surface area contributed by atoms with Crippen LogP contribution < -0.4 is 0 Å². The Morgan fingerprint density at radius 1 is 1.37 bits per heavy atom. The first-order valence-electron chi connectivity index (χ1n) is 6.48. The summed E-state index contributed by atoms with van der Waals surface area (Å²) >= 11 is 0. The molecule has 0 radical (unpaired) electrons. The number of methoxy groups -OCH3 is 1. The average molecular weight is 271 g/mol. The third kappa shape index (κ3) is 3.00. The Bertz CT molecular complexity index is 381. The van der Waals surface area contributed by atoms with Crippen LogP contribution in [0.15, 0.2) is 0 Å². The van der Waals surface area contributed by atoms with Crippen LogP contribution in [-0.4, -0.2) is 54.5 Å². The molecule has 6 heteroatoms. The number of likely N-dealkylation sites (tertiary alicyclic amines) is 1. The predicted molar refractivity (Wildman–Crippen MR) is 66.7 cm³/mol. The minimum Gasteiger partial charge on any atom is -0.467 e. The van der Waals surface area contributed by atoms with Crippen molar-refractivity contribution in [1.29, 1.82) is 0 Å². The van der Waals surface area contributed by atoms with Gasteiger partial charge in [0.2, 0.25) is 0 Å². The van der Waals surface area contributed by atoms with Gasteiger partial charge in [-0.1, -0.05) is 0 Å². The monoisotopic (exact) mass is 271 g/mol. The number of carbonyl (C=O) groups excluding carboxylic acids is 2. The van der Waals surface area contributed by atoms with Gasteiger partial charge in [-0.3, -0.25) is 0 Å². The third-order valence-electron chi connectivity index (χ3n) is 3.38. The fraction of sp³-hybridized carbons (Fsp3) is 0.846. The summed E-state index contributed by atoms with van der Waals surface area (Å²) in [6.07, 6.45) is 0.539. The second-order valence-electron chi connectivity index (χ2n) is 6.17. The quantitative estimate of drug-likeness (QED) is 0.673. The Labute approximate surface area is 113 Å². The summed E-state index contributed by atoms with van der Waals surface area (Å²) in [5, 5.41) is 0. The number of ether oxygens (including phenoxy) is 3. The molecule has 0 bridgehead atoms. The van der Waals surface area contributed by atoms with E-state index in [4.69, 9.17) is 9.47 Å². The van der Waals surface area contributed by atoms with Crippen LogP contribution in [0.2, 0.25) is 0 Å². The number of nitrogens with zero attached hydrogens (tertiary/aromatic N) is 1. The summed E-state index contributed by atoms with van der Waals surface area (Å²) in [4.78, 5) is 24.8. The van der Waals surface area contributed by atoms with E-state index in [1.807, 2.05) is 20.8 Å². The molecule has 0 aromatic carbocycles. The largest absolute Gasteiger partial charge is 0.467 e. The first-order chi connectivity index (χ1) is 8.75. The number of hydrogen-bond acceptors (Lipinski definition) is 5. The highest BCUT2D eigenvalue weighted by molar-refractivity contribution is 5.76. The summed E-state index contributed by atoms with van der Waals surface area (Å²) in [6, 6.07) is 0. The molecule has 2 fully saturated rings. The Morgan fingerprint density at radius 3 is 2.53 bits per heavy atom. The maximum Gasteiger partial charge on any atom is 0.410 e. The van der Waals surface area contributed by atoms with E-state index in [2.05, 4.69) is 4.74 Å². The molecule has 0 unspecified atom stereocenters. The first kappa shape index (κ1) is 14.1. The van der Waals surface area contributed by atoms with E-state index in [0.29, 0.717) is 19.5 Å². The zero-order chi connectivity index (χ0) is 14.3. The van der Waals surface area contributed by atoms with Gasteiger partial charge in [0.1, 0.15) is 5.60 Å². The van der Waals surface area contributed by atoms with Gasteiger partial charge in [-0.05, 0) is 27.2 Å². The Balaban J connectivity index is 1.85. The predicted octanol–water partition coefficient (Wildman–Crippen LogP) is 1.33. The molecule has 1 spiro atoms. The average Bonchev–Trinajstić information content (AvgIpc) is 2.68. The van der Waals surface area contributed by atoms with Crippen LogP contribution in [0.5, 0.6) is 0 Å². The van der Waals surface area contributed by atoms with E-state index >= 15 is 0 Å². The van der Waals surface area contributed by atoms with Gasteiger partial charge in [-0.2, -0.15) is 0 Å². The van der Waals surface area contributed by atoms with Gasteiger partial charge in [0, 0.05) is 13.0 Å². The Morgan fingerprint density at radius 2 is 2.00 bits per heavy atom. The number of hydrogen-bond donors (Lipinski definition) is 0. The molecular weight excluding hydrogens is 250 g/mol. The molecule has 0 aromatic heterocycles. The maximum absolute atomic E-state index is 11.9. The van der Waals surface area contributed by atoms with Gasteiger partial charge in [0.05, 0.1) is 19.3 Å². The van der Waals surface area contributed by atoms with E-state index in [9.17, 15) is 9.59 Å². The van der Waals surface area contributed by atoms with E-state index < -0.39 is 11.7 Å². The molecule has 2 heterocycles. The SMILES string of the molecule is COC(=O)[C@H]1C[C@@]2(CCN(C(=O)OC(C)(C)C)C2)O1. The molecule has 0 N–H and O–H groups in total. The summed E-state index contributed by atoms with van der Waals surface area (Å²) < 4.78 is 15.6. The van der Waals surface area contributed by atoms with Crippen molar-refractivity contribution in [1.82, 2.24) is 4.90 Å². The molecule has 1 amide bonds. The van der Waals surface area contributed by atoms with Crippen molar-refractivity contribution < 1.29 is 23.8 Å². The topological polar surface area (TPSA) is 65.1 Å². The Kier molecular flexibility index (Phi) is 3.47. The molecule has 0 aliphatic carbocycles. The van der Waals surface area contributed by atoms with Crippen LogP contribution in [0, 0.1) is 0 Å². The van der Waals surface area contributed by atoms with Crippen LogP contribution in [0.4, 0.5) is 4.79 Å². The summed E-state index contributed by atoms with van der Waals surface area (Å²) in [5.41, 5.74) is -0.877. The second-order valence-corrected chi connectivity index (χ2v) is 6.17. The van der Waals surface area contributed by atoms with E-state index in [1.54, 1.807) is 4.90 Å². The highest BCUT2D eigenvalue weighted by Crippen LogP contribution is 2.41. The van der Waals surface area contributed by atoms with Gasteiger partial charge in [-0.15, -0.1) is 0 Å². The number of carbonyl (C=O) groups is 2. The number of rotatable bonds is 1. The normalized spacial score (nSPS) is 30.1. The number of esters is 1. The van der Waals surface area contributed by atoms with Crippen LogP contribution in [0.3, 0.4) is 0 Å². The van der Waals surface area contributed by atoms with Crippen LogP contribution in [0.1, 0.15) is 33.6 Å². The minimum absolute atomic E-state index is 0.325. The Hall–Kier alpha value is -1.30. The molecular formula is C13H21NO5. The summed E-state index contributed by atoms with van der Waals surface area (Å²) in [5.74, 6) is -0.346. The fourth-order valence-electron chi connectivity index (χ4n) is 2.48. The van der Waals surface area contributed by atoms with Crippen LogP contribution in [0.25, 0.3) is 0 Å². The lowest BCUT2D eigenvalue weighted by Crippen LogP contribution is -2.56. The molecule has 2 aliphatic heterocycles. The zero-order valence-electron chi connectivity index (χ0n) is 11.9. The molecule has 19 heavy (non-hydrogen) atoms. The lowest BCUT2D eigenvalue weighted by Gasteiger charge is -2.43. The third-order valence-corrected chi connectivity index (χ3v) is 3.38. The van der Waals surface area contributed by atoms with Gasteiger partial charge in [0.25, 0.3) is 0 Å². The van der Waals surface area contributed by atoms with Crippen LogP contribution >= 0.6 is 0 Å². The van der Waals surface area contributed by atoms with Gasteiger partial charge in [0.15, 0.2) is 6.10 Å². The maximum atomic E-state index is 11.9. The molecule has 6 nitrogen and oxygen atoms in total. The lowest BCUT2D eigenvalue weighted by molar-refractivity contribution is -0.215. The lowest BCUT2D eigenvalue weighted by atomic mass is 9.88. The van der Waals surface area contributed by atoms with Crippen molar-refractivity contribution in [2.24, 2.45) is 0 Å². The summed E-state index contributed by atoms with van der Waals surface area (Å²) in [6.45, 7) is 6.59. The molecule has 2 saturated heterocycles. The minimum atomic E-state index is -0.498. The number of amides is 1. The van der Waals surface area contributed by atoms with Crippen molar-refractivity contribution >= 4 is 12.1 Å². The zero-order valence-corrected chi connectivity index (χ0v) is 11.9. The molecule has 0 aromatic rings. The van der Waals surface area contributed by atoms with Crippen molar-refractivity contribution in [2.75, 3.05) is 20.2 Å². The smallest absolute Gasteiger partial charge is 0.410 e. The van der Waals surface area contributed by atoms with Gasteiger partial charge < -0.3 is 19.1 Å². The highest BCUT2D eigenvalue weighted by Gasteiger charge is 2.54. The van der Waals surface area contributed by atoms with Gasteiger partial charge in [-0.25, -0.2) is 9.59 Å². The van der Waals surface area contributed by atoms with Crippen molar-refractivity contribution in [3.05, 3.63) is 0 Å². The van der Waals surface area contributed by atoms with E-state index in [-0.39, 0.29) is 17.7 Å². The van der Waals surface area contributed by atoms with Gasteiger partial charge >= 0.3 is 12.1 Å². The van der Waals surface area contributed by atoms with Crippen LogP contribution in [-0.2, 0) is 19.0 Å². The summed E-state index contributed by atoms with van der Waals surface area (Å²) in [7, 11) is 1.35.